The van der Waals surface area contributed by atoms with Crippen LogP contribution in [0.1, 0.15) is 6.23 Å². The largest absolute Gasteiger partial charge is 0.799 e. The molecule has 0 bridgehead atoms. The average molecular weight is 518 g/mol. The monoisotopic (exact) mass is 518 g/mol. The van der Waals surface area contributed by atoms with E-state index in [0.717, 1.165) is 10.9 Å². The Labute approximate surface area is 176 Å². The highest BCUT2D eigenvalue weighted by Gasteiger charge is 2.45. The minimum atomic E-state index is -5.92. The number of aliphatic hydroxyl groups is 2. The highest BCUT2D eigenvalue weighted by molar-refractivity contribution is 7.68. The number of nitrogens with zero attached hydrogens (tertiary/aromatic N) is 3. The van der Waals surface area contributed by atoms with Crippen LogP contribution in [0.3, 0.4) is 0 Å². The van der Waals surface area contributed by atoms with Gasteiger partial charge in [-0.15, -0.1) is 0 Å². The summed E-state index contributed by atoms with van der Waals surface area (Å²) in [5.74, 6) is -0.294. The molecular formula is C10H13N6O13P3-4. The number of imidazole rings is 1. The Hall–Kier alpha value is -1.56. The second kappa shape index (κ2) is 8.66. The van der Waals surface area contributed by atoms with Gasteiger partial charge in [0.15, 0.2) is 17.4 Å². The highest BCUT2D eigenvalue weighted by Crippen LogP contribution is 2.55. The van der Waals surface area contributed by atoms with E-state index in [-0.39, 0.29) is 17.1 Å². The fourth-order valence-electron chi connectivity index (χ4n) is 2.71. The summed E-state index contributed by atoms with van der Waals surface area (Å²) in [6.45, 7) is -1.11. The van der Waals surface area contributed by atoms with Crippen molar-refractivity contribution in [2.45, 2.75) is 24.5 Å². The van der Waals surface area contributed by atoms with Gasteiger partial charge in [-0.05, 0) is 0 Å². The number of nitrogens with two attached hydrogens (primary N) is 1. The van der Waals surface area contributed by atoms with Crippen molar-refractivity contribution in [2.75, 3.05) is 12.3 Å². The van der Waals surface area contributed by atoms with E-state index in [0.29, 0.717) is 4.86 Å². The lowest BCUT2D eigenvalue weighted by Gasteiger charge is -2.39. The van der Waals surface area contributed by atoms with Gasteiger partial charge < -0.3 is 49.3 Å². The number of hydrogen-bond acceptors (Lipinski definition) is 16. The van der Waals surface area contributed by atoms with E-state index >= 15 is 0 Å². The fourth-order valence-corrected chi connectivity index (χ4v) is 5.96. The smallest absolute Gasteiger partial charge is 0.280 e. The molecular weight excluding hydrogens is 505 g/mol. The summed E-state index contributed by atoms with van der Waals surface area (Å²) in [6.07, 6.45) is -5.54. The van der Waals surface area contributed by atoms with E-state index in [4.69, 9.17) is 10.5 Å². The Balaban J connectivity index is 1.72. The third-order valence-corrected chi connectivity index (χ3v) is 8.00. The molecule has 180 valence electrons. The lowest BCUT2D eigenvalue weighted by atomic mass is 10.1. The molecule has 6 atom stereocenters. The summed E-state index contributed by atoms with van der Waals surface area (Å²) in [5, 5.41) is 20.3. The van der Waals surface area contributed by atoms with Gasteiger partial charge >= 0.3 is 0 Å². The molecule has 0 saturated carbocycles. The number of aromatic nitrogens is 4. The molecule has 22 heteroatoms. The van der Waals surface area contributed by atoms with Gasteiger partial charge in [0.1, 0.15) is 18.3 Å². The lowest BCUT2D eigenvalue weighted by molar-refractivity contribution is -0.317. The normalized spacial score (nSPS) is 27.9. The van der Waals surface area contributed by atoms with Gasteiger partial charge in [0.05, 0.1) is 12.9 Å². The lowest BCUT2D eigenvalue weighted by Crippen LogP contribution is -2.34. The van der Waals surface area contributed by atoms with Gasteiger partial charge in [-0.3, -0.25) is 27.8 Å². The van der Waals surface area contributed by atoms with Gasteiger partial charge in [-0.25, -0.2) is 9.84 Å². The number of ether oxygens (including phenoxy) is 1. The van der Waals surface area contributed by atoms with Crippen molar-refractivity contribution in [3.8, 4) is 0 Å². The first-order valence-corrected chi connectivity index (χ1v) is 12.7. The maximum absolute atomic E-state index is 11.8. The van der Waals surface area contributed by atoms with Crippen LogP contribution in [0.25, 0.3) is 11.2 Å². The standard InChI is InChI=1S/C10H17N6O13P3/c11-10-13-7-4(8(19)14-10)12-2-16(7)9-6(18)5(17)3(28-9)1-27-32(25,26)29-31(23,24)15-30(20,21)22/h2-3,5-6,9,17-18H,1H2,(H,25,26)(H3,11,13,14,19)(H4,15,20,21,22,23,24)/p-4. The molecule has 1 aliphatic heterocycles. The number of hydrogen-bond donors (Lipinski definition) is 5. The van der Waals surface area contributed by atoms with E-state index in [1.54, 1.807) is 0 Å². The fraction of sp³-hybridized carbons (Fsp3) is 0.500. The number of phosphoric acid groups is 1. The van der Waals surface area contributed by atoms with Crippen LogP contribution in [0.4, 0.5) is 5.95 Å². The van der Waals surface area contributed by atoms with Gasteiger partial charge in [0.25, 0.3) is 13.4 Å². The molecule has 6 unspecified atom stereocenters. The zero-order valence-corrected chi connectivity index (χ0v) is 17.9. The van der Waals surface area contributed by atoms with Crippen LogP contribution in [0.2, 0.25) is 0 Å². The predicted octanol–water partition coefficient (Wildman–Crippen LogP) is -5.29. The second-order valence-corrected chi connectivity index (χ2v) is 10.8. The summed E-state index contributed by atoms with van der Waals surface area (Å²) in [5.41, 5.74) is 4.42. The molecule has 1 fully saturated rings. The minimum absolute atomic E-state index is 0.139. The Morgan fingerprint density at radius 2 is 1.91 bits per heavy atom. The Bertz CT molecular complexity index is 1210. The average Bonchev–Trinajstić information content (AvgIpc) is 3.12. The summed E-state index contributed by atoms with van der Waals surface area (Å²) < 4.78 is 47.4. The van der Waals surface area contributed by atoms with Crippen molar-refractivity contribution >= 4 is 40.4 Å². The maximum Gasteiger partial charge on any atom is 0.280 e. The summed E-state index contributed by atoms with van der Waals surface area (Å²) in [6, 6.07) is 0. The van der Waals surface area contributed by atoms with Crippen LogP contribution in [0.15, 0.2) is 11.1 Å². The topological polar surface area (TPSA) is 313 Å². The predicted molar refractivity (Wildman–Crippen MR) is 91.5 cm³/mol. The molecule has 0 radical (unpaired) electrons. The molecule has 2 aromatic heterocycles. The molecule has 19 nitrogen and oxygen atoms in total. The number of fused-ring (bicyclic) bond motifs is 1. The van der Waals surface area contributed by atoms with Crippen molar-refractivity contribution in [1.82, 2.24) is 24.4 Å². The Morgan fingerprint density at radius 1 is 1.25 bits per heavy atom. The minimum Gasteiger partial charge on any atom is -0.799 e. The SMILES string of the molecule is Nc1nc2c(ncn2C2OC(COP(=O)([O-])OP(=O)([O-])NP(=O)([O-])[O-])C(O)C2O)c(=O)[nH]1. The number of phosphoric ester groups is 1. The maximum atomic E-state index is 11.8. The van der Waals surface area contributed by atoms with Crippen molar-refractivity contribution in [1.29, 1.82) is 0 Å². The molecule has 6 N–H and O–H groups in total. The molecule has 0 aliphatic carbocycles. The van der Waals surface area contributed by atoms with E-state index in [1.165, 1.54) is 0 Å². The molecule has 3 rings (SSSR count). The number of aromatic amines is 1. The van der Waals surface area contributed by atoms with E-state index in [9.17, 15) is 48.3 Å². The number of nitrogen functional groups attached to an aromatic ring is 1. The van der Waals surface area contributed by atoms with Crippen molar-refractivity contribution in [3.05, 3.63) is 16.7 Å². The first-order chi connectivity index (χ1) is 14.6. The third kappa shape index (κ3) is 5.67. The number of anilines is 1. The Kier molecular flexibility index (Phi) is 6.78. The number of rotatable bonds is 8. The number of aliphatic hydroxyl groups excluding tert-OH is 2. The summed E-state index contributed by atoms with van der Waals surface area (Å²) in [7, 11) is -17.6. The van der Waals surface area contributed by atoms with Crippen molar-refractivity contribution in [2.24, 2.45) is 0 Å². The molecule has 0 amide bonds. The first kappa shape index (κ1) is 25.1. The molecule has 1 aliphatic rings. The van der Waals surface area contributed by atoms with Gasteiger partial charge in [-0.2, -0.15) is 4.98 Å². The second-order valence-electron chi connectivity index (χ2n) is 6.24. The molecule has 0 aromatic carbocycles. The number of H-pyrrole nitrogens is 1. The summed E-state index contributed by atoms with van der Waals surface area (Å²) in [4.78, 5) is 65.8. The van der Waals surface area contributed by atoms with E-state index in [2.05, 4.69) is 23.8 Å². The van der Waals surface area contributed by atoms with Crippen LogP contribution in [-0.4, -0.2) is 54.7 Å². The highest BCUT2D eigenvalue weighted by atomic mass is 31.3. The molecule has 1 saturated heterocycles. The number of nitrogens with one attached hydrogen (secondary N) is 2. The van der Waals surface area contributed by atoms with Crippen LogP contribution < -0.4 is 35.7 Å². The zero-order valence-electron chi connectivity index (χ0n) is 15.2. The quantitative estimate of drug-likeness (QED) is 0.204. The van der Waals surface area contributed by atoms with Gasteiger partial charge in [-0.1, -0.05) is 0 Å². The van der Waals surface area contributed by atoms with E-state index < -0.39 is 60.0 Å². The molecule has 3 heterocycles. The van der Waals surface area contributed by atoms with Crippen LogP contribution in [-0.2, 0) is 27.3 Å². The molecule has 2 aromatic rings. The molecule has 0 spiro atoms. The van der Waals surface area contributed by atoms with Gasteiger partial charge in [0.2, 0.25) is 13.7 Å². The first-order valence-electron chi connectivity index (χ1n) is 8.12. The van der Waals surface area contributed by atoms with Crippen LogP contribution in [0, 0.1) is 0 Å². The van der Waals surface area contributed by atoms with Crippen molar-refractivity contribution in [3.63, 3.8) is 0 Å². The molecule has 32 heavy (non-hydrogen) atoms. The Morgan fingerprint density at radius 3 is 2.53 bits per heavy atom. The zero-order chi connectivity index (χ0) is 24.1. The van der Waals surface area contributed by atoms with Gasteiger partial charge in [0, 0.05) is 7.75 Å². The van der Waals surface area contributed by atoms with Crippen LogP contribution in [0.5, 0.6) is 0 Å². The van der Waals surface area contributed by atoms with Crippen LogP contribution >= 0.6 is 23.3 Å². The summed E-state index contributed by atoms with van der Waals surface area (Å²) >= 11 is 0. The van der Waals surface area contributed by atoms with Crippen molar-refractivity contribution < 1.29 is 57.1 Å². The van der Waals surface area contributed by atoms with E-state index in [1.807, 2.05) is 0 Å². The third-order valence-electron chi connectivity index (χ3n) is 3.91.